The van der Waals surface area contributed by atoms with Crippen LogP contribution >= 0.6 is 11.3 Å². The van der Waals surface area contributed by atoms with Gasteiger partial charge in [-0.3, -0.25) is 14.4 Å². The number of amides is 3. The van der Waals surface area contributed by atoms with E-state index in [2.05, 4.69) is 21.7 Å². The first kappa shape index (κ1) is 21.8. The molecule has 3 aromatic carbocycles. The maximum Gasteiger partial charge on any atom is 0.244 e. The molecule has 0 fully saturated rings. The number of fused-ring (bicyclic) bond motifs is 2. The number of nitrogens with zero attached hydrogens (tertiary/aromatic N) is 2. The molecule has 34 heavy (non-hydrogen) atoms. The van der Waals surface area contributed by atoms with Gasteiger partial charge in [0, 0.05) is 24.9 Å². The fourth-order valence-corrected chi connectivity index (χ4v) is 4.91. The molecule has 8 heteroatoms. The van der Waals surface area contributed by atoms with E-state index in [4.69, 9.17) is 0 Å². The highest BCUT2D eigenvalue weighted by Crippen LogP contribution is 2.29. The molecule has 0 atom stereocenters. The Morgan fingerprint density at radius 3 is 2.56 bits per heavy atom. The molecule has 4 aromatic rings. The number of benzene rings is 3. The Morgan fingerprint density at radius 2 is 1.74 bits per heavy atom. The molecule has 0 saturated carbocycles. The highest BCUT2D eigenvalue weighted by molar-refractivity contribution is 7.18. The van der Waals surface area contributed by atoms with Crippen LogP contribution in [0.5, 0.6) is 0 Å². The topological polar surface area (TPSA) is 91.4 Å². The Kier molecular flexibility index (Phi) is 6.05. The van der Waals surface area contributed by atoms with Crippen LogP contribution in [0.2, 0.25) is 0 Å². The van der Waals surface area contributed by atoms with E-state index in [9.17, 15) is 14.4 Å². The lowest BCUT2D eigenvalue weighted by Crippen LogP contribution is -2.42. The molecule has 2 heterocycles. The van der Waals surface area contributed by atoms with Crippen LogP contribution < -0.4 is 15.5 Å². The second-order valence-electron chi connectivity index (χ2n) is 8.04. The molecule has 0 saturated heterocycles. The maximum absolute atomic E-state index is 12.7. The van der Waals surface area contributed by atoms with Crippen molar-refractivity contribution in [3.63, 3.8) is 0 Å². The van der Waals surface area contributed by atoms with Gasteiger partial charge >= 0.3 is 0 Å². The minimum Gasteiger partial charge on any atom is -0.326 e. The highest BCUT2D eigenvalue weighted by Gasteiger charge is 2.26. The first-order valence-corrected chi connectivity index (χ1v) is 11.8. The van der Waals surface area contributed by atoms with Gasteiger partial charge in [-0.2, -0.15) is 0 Å². The molecule has 7 nitrogen and oxygen atoms in total. The molecule has 1 aliphatic heterocycles. The van der Waals surface area contributed by atoms with E-state index in [1.807, 2.05) is 48.5 Å². The van der Waals surface area contributed by atoms with Gasteiger partial charge in [0.05, 0.1) is 26.6 Å². The zero-order valence-corrected chi connectivity index (χ0v) is 19.1. The number of hydrogen-bond acceptors (Lipinski definition) is 5. The van der Waals surface area contributed by atoms with Crippen molar-refractivity contribution in [1.29, 1.82) is 0 Å². The SMILES string of the molecule is O=C(CCC(=O)N1CC(=O)Nc2ccccc21)Nc1ccc(Cc2nc3ccccc3s2)cc1. The minimum atomic E-state index is -0.261. The number of thiazole rings is 1. The Balaban J connectivity index is 1.15. The maximum atomic E-state index is 12.7. The first-order chi connectivity index (χ1) is 16.5. The number of carbonyl (C=O) groups excluding carboxylic acids is 3. The monoisotopic (exact) mass is 470 g/mol. The largest absolute Gasteiger partial charge is 0.326 e. The fourth-order valence-electron chi connectivity index (χ4n) is 3.91. The summed E-state index contributed by atoms with van der Waals surface area (Å²) in [5.41, 5.74) is 4.04. The molecule has 0 radical (unpaired) electrons. The summed E-state index contributed by atoms with van der Waals surface area (Å²) in [5.74, 6) is -0.756. The molecule has 0 unspecified atom stereocenters. The molecule has 0 bridgehead atoms. The van der Waals surface area contributed by atoms with E-state index in [0.717, 1.165) is 22.5 Å². The number of carbonyl (C=O) groups is 3. The van der Waals surface area contributed by atoms with Crippen molar-refractivity contribution in [2.75, 3.05) is 22.1 Å². The lowest BCUT2D eigenvalue weighted by atomic mass is 10.1. The summed E-state index contributed by atoms with van der Waals surface area (Å²) >= 11 is 1.68. The minimum absolute atomic E-state index is 0.0170. The number of rotatable bonds is 6. The molecule has 0 aliphatic carbocycles. The van der Waals surface area contributed by atoms with Crippen LogP contribution in [-0.2, 0) is 20.8 Å². The van der Waals surface area contributed by atoms with Crippen LogP contribution in [0.3, 0.4) is 0 Å². The number of hydrogen-bond donors (Lipinski definition) is 2. The van der Waals surface area contributed by atoms with Gasteiger partial charge in [-0.15, -0.1) is 11.3 Å². The third kappa shape index (κ3) is 4.82. The van der Waals surface area contributed by atoms with Crippen molar-refractivity contribution in [1.82, 2.24) is 4.98 Å². The molecular weight excluding hydrogens is 448 g/mol. The Hall–Kier alpha value is -4.04. The van der Waals surface area contributed by atoms with Crippen molar-refractivity contribution in [2.24, 2.45) is 0 Å². The number of nitrogens with one attached hydrogen (secondary N) is 2. The van der Waals surface area contributed by atoms with E-state index in [1.165, 1.54) is 9.60 Å². The summed E-state index contributed by atoms with van der Waals surface area (Å²) in [7, 11) is 0. The molecule has 2 N–H and O–H groups in total. The van der Waals surface area contributed by atoms with Gasteiger partial charge in [-0.25, -0.2) is 4.98 Å². The van der Waals surface area contributed by atoms with Gasteiger partial charge in [0.25, 0.3) is 0 Å². The molecule has 3 amide bonds. The third-order valence-corrected chi connectivity index (χ3v) is 6.61. The quantitative estimate of drug-likeness (QED) is 0.431. The van der Waals surface area contributed by atoms with Gasteiger partial charge in [0.2, 0.25) is 17.7 Å². The number of para-hydroxylation sites is 3. The average molecular weight is 471 g/mol. The summed E-state index contributed by atoms with van der Waals surface area (Å²) in [5, 5.41) is 6.64. The van der Waals surface area contributed by atoms with Crippen molar-refractivity contribution in [3.05, 3.63) is 83.4 Å². The van der Waals surface area contributed by atoms with E-state index in [-0.39, 0.29) is 37.1 Å². The van der Waals surface area contributed by atoms with Gasteiger partial charge in [-0.1, -0.05) is 36.4 Å². The highest BCUT2D eigenvalue weighted by atomic mass is 32.1. The van der Waals surface area contributed by atoms with Gasteiger partial charge in [-0.05, 0) is 42.0 Å². The predicted molar refractivity (Wildman–Crippen MR) is 134 cm³/mol. The molecule has 1 aromatic heterocycles. The van der Waals surface area contributed by atoms with Gasteiger partial charge < -0.3 is 15.5 Å². The summed E-state index contributed by atoms with van der Waals surface area (Å²) in [6.45, 7) is -0.0480. The van der Waals surface area contributed by atoms with Crippen molar-refractivity contribution < 1.29 is 14.4 Å². The smallest absolute Gasteiger partial charge is 0.244 e. The lowest BCUT2D eigenvalue weighted by molar-refractivity contribution is -0.124. The van der Waals surface area contributed by atoms with Crippen molar-refractivity contribution in [3.8, 4) is 0 Å². The molecule has 5 rings (SSSR count). The van der Waals surface area contributed by atoms with Crippen LogP contribution in [0, 0.1) is 0 Å². The Morgan fingerprint density at radius 1 is 0.971 bits per heavy atom. The van der Waals surface area contributed by atoms with Crippen LogP contribution in [0.4, 0.5) is 17.1 Å². The van der Waals surface area contributed by atoms with Crippen LogP contribution in [0.15, 0.2) is 72.8 Å². The van der Waals surface area contributed by atoms with E-state index in [0.29, 0.717) is 17.1 Å². The molecule has 1 aliphatic rings. The predicted octanol–water partition coefficient (Wildman–Crippen LogP) is 4.59. The van der Waals surface area contributed by atoms with Crippen molar-refractivity contribution in [2.45, 2.75) is 19.3 Å². The summed E-state index contributed by atoms with van der Waals surface area (Å²) in [6.07, 6.45) is 0.780. The Labute approximate surface area is 200 Å². The fraction of sp³-hybridized carbons (Fsp3) is 0.154. The second kappa shape index (κ2) is 9.44. The molecule has 0 spiro atoms. The standard InChI is InChI=1S/C26H22N4O3S/c31-23(13-14-26(33)30-16-24(32)28-19-5-1-3-7-21(19)30)27-18-11-9-17(10-12-18)15-25-29-20-6-2-4-8-22(20)34-25/h1-12H,13-16H2,(H,27,31)(H,28,32). The molecule has 170 valence electrons. The summed E-state index contributed by atoms with van der Waals surface area (Å²) < 4.78 is 1.17. The lowest BCUT2D eigenvalue weighted by Gasteiger charge is -2.29. The van der Waals surface area contributed by atoms with E-state index < -0.39 is 0 Å². The van der Waals surface area contributed by atoms with Gasteiger partial charge in [0.15, 0.2) is 0 Å². The van der Waals surface area contributed by atoms with Crippen LogP contribution in [-0.4, -0.2) is 29.3 Å². The zero-order valence-electron chi connectivity index (χ0n) is 18.3. The van der Waals surface area contributed by atoms with E-state index in [1.54, 1.807) is 29.5 Å². The molecular formula is C26H22N4O3S. The number of anilines is 3. The average Bonchev–Trinajstić information content (AvgIpc) is 3.25. The number of aromatic nitrogens is 1. The third-order valence-electron chi connectivity index (χ3n) is 5.57. The van der Waals surface area contributed by atoms with Crippen LogP contribution in [0.1, 0.15) is 23.4 Å². The summed E-state index contributed by atoms with van der Waals surface area (Å²) in [6, 6.07) is 22.9. The summed E-state index contributed by atoms with van der Waals surface area (Å²) in [4.78, 5) is 43.1. The first-order valence-electron chi connectivity index (χ1n) is 11.0. The zero-order chi connectivity index (χ0) is 23.5. The van der Waals surface area contributed by atoms with Crippen molar-refractivity contribution >= 4 is 56.3 Å². The Bertz CT molecular complexity index is 1350. The van der Waals surface area contributed by atoms with E-state index >= 15 is 0 Å². The van der Waals surface area contributed by atoms with Crippen LogP contribution in [0.25, 0.3) is 10.2 Å². The second-order valence-corrected chi connectivity index (χ2v) is 9.16. The normalized spacial score (nSPS) is 12.8. The van der Waals surface area contributed by atoms with Gasteiger partial charge in [0.1, 0.15) is 6.54 Å².